The molecule has 19 heavy (non-hydrogen) atoms. The zero-order chi connectivity index (χ0) is 14.2. The summed E-state index contributed by atoms with van der Waals surface area (Å²) in [5, 5.41) is 5.08. The molecule has 2 rings (SSSR count). The smallest absolute Gasteiger partial charge is 0.115 e. The third kappa shape index (κ3) is 3.01. The molecule has 4 heteroatoms. The number of aryl methyl sites for hydroxylation is 2. The average Bonchev–Trinajstić information content (AvgIpc) is 2.85. The molecular weight excluding hydrogens is 254 g/mol. The summed E-state index contributed by atoms with van der Waals surface area (Å²) < 4.78 is 0. The molecule has 0 aliphatic carbocycles. The lowest BCUT2D eigenvalue weighted by atomic mass is 9.98. The maximum atomic E-state index is 4.84. The van der Waals surface area contributed by atoms with Gasteiger partial charge in [-0.05, 0) is 48.0 Å². The summed E-state index contributed by atoms with van der Waals surface area (Å²) in [6, 6.07) is 1.09. The quantitative estimate of drug-likeness (QED) is 0.919. The Bertz CT molecular complexity index is 419. The molecule has 0 spiro atoms. The molecule has 1 aromatic rings. The highest BCUT2D eigenvalue weighted by Crippen LogP contribution is 2.36. The number of likely N-dealkylation sites (tertiary alicyclic amines) is 1. The van der Waals surface area contributed by atoms with Gasteiger partial charge in [-0.3, -0.25) is 4.90 Å². The van der Waals surface area contributed by atoms with Crippen LogP contribution in [0.1, 0.15) is 49.7 Å². The van der Waals surface area contributed by atoms with Gasteiger partial charge in [0.25, 0.3) is 0 Å². The Kier molecular flexibility index (Phi) is 4.33. The first-order valence-electron chi connectivity index (χ1n) is 7.30. The molecule has 1 saturated heterocycles. The molecule has 1 atom stereocenters. The topological polar surface area (TPSA) is 28.2 Å². The van der Waals surface area contributed by atoms with Crippen molar-refractivity contribution in [1.82, 2.24) is 15.2 Å². The van der Waals surface area contributed by atoms with Gasteiger partial charge in [-0.1, -0.05) is 0 Å². The summed E-state index contributed by atoms with van der Waals surface area (Å²) >= 11 is 1.87. The van der Waals surface area contributed by atoms with Crippen LogP contribution in [0, 0.1) is 13.8 Å². The summed E-state index contributed by atoms with van der Waals surface area (Å²) in [5.74, 6) is 0. The Balaban J connectivity index is 2.31. The number of rotatable bonds is 4. The van der Waals surface area contributed by atoms with Crippen molar-refractivity contribution in [3.8, 4) is 0 Å². The van der Waals surface area contributed by atoms with Gasteiger partial charge in [0, 0.05) is 30.1 Å². The lowest BCUT2D eigenvalue weighted by Crippen LogP contribution is -2.48. The molecule has 0 radical (unpaired) electrons. The van der Waals surface area contributed by atoms with Gasteiger partial charge in [-0.2, -0.15) is 0 Å². The average molecular weight is 281 g/mol. The molecule has 0 saturated carbocycles. The van der Waals surface area contributed by atoms with Gasteiger partial charge in [0.05, 0.1) is 11.2 Å². The molecule has 1 N–H and O–H groups in total. The van der Waals surface area contributed by atoms with Gasteiger partial charge in [0.2, 0.25) is 0 Å². The van der Waals surface area contributed by atoms with Gasteiger partial charge in [0.15, 0.2) is 0 Å². The van der Waals surface area contributed by atoms with E-state index in [0.717, 1.165) is 19.5 Å². The molecule has 1 unspecified atom stereocenters. The standard InChI is InChI=1S/C15H27N3S/c1-10(2)17-15(7-8-18(9-15)11(3)4)14-16-12(5)13(6)19-14/h10-11,17H,7-9H2,1-6H3. The van der Waals surface area contributed by atoms with Crippen LogP contribution in [0.25, 0.3) is 0 Å². The van der Waals surface area contributed by atoms with Crippen molar-refractivity contribution in [2.45, 2.75) is 65.6 Å². The maximum absolute atomic E-state index is 4.84. The molecule has 1 aliphatic heterocycles. The van der Waals surface area contributed by atoms with E-state index in [1.807, 2.05) is 11.3 Å². The summed E-state index contributed by atoms with van der Waals surface area (Å²) in [4.78, 5) is 8.75. The first kappa shape index (κ1) is 14.9. The van der Waals surface area contributed by atoms with Crippen LogP contribution >= 0.6 is 11.3 Å². The normalized spacial score (nSPS) is 24.8. The molecule has 0 bridgehead atoms. The second-order valence-corrected chi connectivity index (χ2v) is 7.56. The van der Waals surface area contributed by atoms with Gasteiger partial charge < -0.3 is 5.32 Å². The molecule has 0 aromatic carbocycles. The van der Waals surface area contributed by atoms with E-state index in [-0.39, 0.29) is 5.54 Å². The minimum Gasteiger partial charge on any atom is -0.302 e. The first-order valence-corrected chi connectivity index (χ1v) is 8.12. The second-order valence-electron chi connectivity index (χ2n) is 6.36. The predicted octanol–water partition coefficient (Wildman–Crippen LogP) is 3.07. The SMILES string of the molecule is Cc1nc(C2(NC(C)C)CCN(C(C)C)C2)sc1C. The van der Waals surface area contributed by atoms with Crippen LogP contribution in [-0.2, 0) is 5.54 Å². The zero-order valence-electron chi connectivity index (χ0n) is 13.1. The largest absolute Gasteiger partial charge is 0.302 e. The summed E-state index contributed by atoms with van der Waals surface area (Å²) in [6.07, 6.45) is 1.16. The fourth-order valence-corrected chi connectivity index (χ4v) is 3.95. The number of aromatic nitrogens is 1. The van der Waals surface area contributed by atoms with Crippen molar-refractivity contribution >= 4 is 11.3 Å². The highest BCUT2D eigenvalue weighted by atomic mass is 32.1. The Morgan fingerprint density at radius 3 is 2.37 bits per heavy atom. The molecule has 3 nitrogen and oxygen atoms in total. The highest BCUT2D eigenvalue weighted by molar-refractivity contribution is 7.11. The lowest BCUT2D eigenvalue weighted by molar-refractivity contribution is 0.232. The fraction of sp³-hybridized carbons (Fsp3) is 0.800. The van der Waals surface area contributed by atoms with Crippen LogP contribution in [0.2, 0.25) is 0 Å². The Morgan fingerprint density at radius 2 is 1.95 bits per heavy atom. The minimum atomic E-state index is 0.0577. The molecule has 2 heterocycles. The fourth-order valence-electron chi connectivity index (χ4n) is 2.86. The van der Waals surface area contributed by atoms with Gasteiger partial charge >= 0.3 is 0 Å². The van der Waals surface area contributed by atoms with Crippen molar-refractivity contribution in [1.29, 1.82) is 0 Å². The number of hydrogen-bond donors (Lipinski definition) is 1. The van der Waals surface area contributed by atoms with Gasteiger partial charge in [-0.25, -0.2) is 4.98 Å². The van der Waals surface area contributed by atoms with Crippen molar-refractivity contribution in [3.63, 3.8) is 0 Å². The monoisotopic (exact) mass is 281 g/mol. The number of hydrogen-bond acceptors (Lipinski definition) is 4. The molecular formula is C15H27N3S. The highest BCUT2D eigenvalue weighted by Gasteiger charge is 2.43. The zero-order valence-corrected chi connectivity index (χ0v) is 13.9. The maximum Gasteiger partial charge on any atom is 0.115 e. The number of thiazole rings is 1. The number of nitrogens with zero attached hydrogens (tertiary/aromatic N) is 2. The van der Waals surface area contributed by atoms with Crippen molar-refractivity contribution in [2.24, 2.45) is 0 Å². The summed E-state index contributed by atoms with van der Waals surface area (Å²) in [7, 11) is 0. The molecule has 1 aliphatic rings. The Hall–Kier alpha value is -0.450. The van der Waals surface area contributed by atoms with E-state index in [1.165, 1.54) is 15.6 Å². The van der Waals surface area contributed by atoms with E-state index >= 15 is 0 Å². The van der Waals surface area contributed by atoms with Crippen LogP contribution < -0.4 is 5.32 Å². The molecule has 1 fully saturated rings. The van der Waals surface area contributed by atoms with Crippen LogP contribution in [0.5, 0.6) is 0 Å². The summed E-state index contributed by atoms with van der Waals surface area (Å²) in [6.45, 7) is 15.6. The molecule has 108 valence electrons. The van der Waals surface area contributed by atoms with Crippen molar-refractivity contribution < 1.29 is 0 Å². The molecule has 1 aromatic heterocycles. The van der Waals surface area contributed by atoms with Gasteiger partial charge in [-0.15, -0.1) is 11.3 Å². The van der Waals surface area contributed by atoms with Crippen LogP contribution in [0.3, 0.4) is 0 Å². The van der Waals surface area contributed by atoms with E-state index in [0.29, 0.717) is 12.1 Å². The van der Waals surface area contributed by atoms with Crippen molar-refractivity contribution in [3.05, 3.63) is 15.6 Å². The third-order valence-corrected chi connectivity index (χ3v) is 5.31. The van der Waals surface area contributed by atoms with E-state index in [4.69, 9.17) is 4.98 Å². The minimum absolute atomic E-state index is 0.0577. The van der Waals surface area contributed by atoms with E-state index < -0.39 is 0 Å². The van der Waals surface area contributed by atoms with Crippen LogP contribution in [-0.4, -0.2) is 35.1 Å². The number of nitrogens with one attached hydrogen (secondary N) is 1. The van der Waals surface area contributed by atoms with Crippen LogP contribution in [0.15, 0.2) is 0 Å². The van der Waals surface area contributed by atoms with E-state index in [9.17, 15) is 0 Å². The second kappa shape index (κ2) is 5.51. The molecule has 0 amide bonds. The Morgan fingerprint density at radius 1 is 1.26 bits per heavy atom. The Labute approximate surface area is 121 Å². The third-order valence-electron chi connectivity index (χ3n) is 4.03. The predicted molar refractivity (Wildman–Crippen MR) is 82.9 cm³/mol. The first-order chi connectivity index (χ1) is 8.84. The van der Waals surface area contributed by atoms with Crippen LogP contribution in [0.4, 0.5) is 0 Å². The van der Waals surface area contributed by atoms with E-state index in [2.05, 4.69) is 51.8 Å². The van der Waals surface area contributed by atoms with E-state index in [1.54, 1.807) is 0 Å². The van der Waals surface area contributed by atoms with Crippen molar-refractivity contribution in [2.75, 3.05) is 13.1 Å². The lowest BCUT2D eigenvalue weighted by Gasteiger charge is -2.32. The summed E-state index contributed by atoms with van der Waals surface area (Å²) in [5.41, 5.74) is 1.25. The van der Waals surface area contributed by atoms with Gasteiger partial charge in [0.1, 0.15) is 5.01 Å².